The number of carboxylic acids is 1. The van der Waals surface area contributed by atoms with Crippen LogP contribution in [0.1, 0.15) is 48.6 Å². The molecule has 0 spiro atoms. The Morgan fingerprint density at radius 1 is 1.31 bits per heavy atom. The van der Waals surface area contributed by atoms with Gasteiger partial charge in [-0.2, -0.15) is 0 Å². The number of ether oxygens (including phenoxy) is 1. The minimum atomic E-state index is -0.761. The number of fused-ring (bicyclic) bond motifs is 1. The van der Waals surface area contributed by atoms with Crippen LogP contribution in [0.2, 0.25) is 0 Å². The number of aliphatic hydroxyl groups is 1. The fraction of sp³-hybridized carbons (Fsp3) is 0.444. The Morgan fingerprint density at radius 2 is 2.20 bits per heavy atom. The van der Waals surface area contributed by atoms with Gasteiger partial charge < -0.3 is 14.9 Å². The van der Waals surface area contributed by atoms with Crippen molar-refractivity contribution in [3.8, 4) is 17.6 Å². The SMILES string of the molecule is COc1ccc2nccc(C(O)CC[C@@H]3CCN(CC#Cc4cncs4)C[C@@H]3CCC(=O)O)c2c1. The van der Waals surface area contributed by atoms with E-state index in [2.05, 4.69) is 26.7 Å². The van der Waals surface area contributed by atoms with Crippen molar-refractivity contribution in [1.82, 2.24) is 14.9 Å². The first-order valence-electron chi connectivity index (χ1n) is 12.0. The number of piperidine rings is 1. The summed E-state index contributed by atoms with van der Waals surface area (Å²) in [6.45, 7) is 2.43. The Kier molecular flexibility index (Phi) is 8.69. The van der Waals surface area contributed by atoms with Crippen LogP contribution in [0, 0.1) is 23.7 Å². The molecule has 3 aromatic rings. The third-order valence-electron chi connectivity index (χ3n) is 6.80. The van der Waals surface area contributed by atoms with E-state index in [-0.39, 0.29) is 12.3 Å². The van der Waals surface area contributed by atoms with Crippen molar-refractivity contribution in [3.05, 3.63) is 52.6 Å². The quantitative estimate of drug-likeness (QED) is 0.428. The lowest BCUT2D eigenvalue weighted by Gasteiger charge is -2.38. The predicted molar refractivity (Wildman–Crippen MR) is 136 cm³/mol. The molecule has 1 unspecified atom stereocenters. The van der Waals surface area contributed by atoms with Gasteiger partial charge in [0.05, 0.1) is 41.9 Å². The molecule has 1 saturated heterocycles. The van der Waals surface area contributed by atoms with Gasteiger partial charge in [0, 0.05) is 24.5 Å². The largest absolute Gasteiger partial charge is 0.497 e. The number of aromatic nitrogens is 2. The Hall–Kier alpha value is -2.99. The molecular formula is C27H31N3O4S. The molecule has 35 heavy (non-hydrogen) atoms. The summed E-state index contributed by atoms with van der Waals surface area (Å²) in [5.74, 6) is 7.00. The number of nitrogens with zero attached hydrogens (tertiary/aromatic N) is 3. The van der Waals surface area contributed by atoms with Crippen LogP contribution in [0.15, 0.2) is 42.2 Å². The van der Waals surface area contributed by atoms with Gasteiger partial charge in [-0.1, -0.05) is 11.8 Å². The number of pyridine rings is 1. The zero-order valence-electron chi connectivity index (χ0n) is 19.9. The van der Waals surface area contributed by atoms with Gasteiger partial charge in [-0.3, -0.25) is 19.7 Å². The van der Waals surface area contributed by atoms with Crippen LogP contribution in [0.5, 0.6) is 5.75 Å². The molecule has 184 valence electrons. The number of aliphatic hydroxyl groups excluding tert-OH is 1. The molecule has 8 heteroatoms. The molecule has 1 fully saturated rings. The highest BCUT2D eigenvalue weighted by molar-refractivity contribution is 7.10. The van der Waals surface area contributed by atoms with Gasteiger partial charge in [-0.15, -0.1) is 11.3 Å². The second kappa shape index (κ2) is 12.1. The van der Waals surface area contributed by atoms with Crippen LogP contribution in [0.25, 0.3) is 10.9 Å². The molecule has 0 amide bonds. The summed E-state index contributed by atoms with van der Waals surface area (Å²) >= 11 is 1.53. The first-order chi connectivity index (χ1) is 17.0. The van der Waals surface area contributed by atoms with Crippen LogP contribution in [0.4, 0.5) is 0 Å². The third kappa shape index (κ3) is 6.79. The number of hydrogen-bond donors (Lipinski definition) is 2. The fourth-order valence-electron chi connectivity index (χ4n) is 4.92. The average molecular weight is 494 g/mol. The van der Waals surface area contributed by atoms with Crippen LogP contribution in [-0.2, 0) is 4.79 Å². The van der Waals surface area contributed by atoms with E-state index < -0.39 is 12.1 Å². The van der Waals surface area contributed by atoms with Gasteiger partial charge in [0.25, 0.3) is 0 Å². The summed E-state index contributed by atoms with van der Waals surface area (Å²) in [5, 5.41) is 21.2. The second-order valence-electron chi connectivity index (χ2n) is 9.02. The Morgan fingerprint density at radius 3 is 2.97 bits per heavy atom. The maximum Gasteiger partial charge on any atom is 0.303 e. The first kappa shape index (κ1) is 25.1. The lowest BCUT2D eigenvalue weighted by molar-refractivity contribution is -0.137. The number of carboxylic acid groups (broad SMARTS) is 1. The van der Waals surface area contributed by atoms with E-state index in [0.717, 1.165) is 53.0 Å². The molecule has 0 saturated carbocycles. The van der Waals surface area contributed by atoms with Gasteiger partial charge in [0.2, 0.25) is 0 Å². The van der Waals surface area contributed by atoms with E-state index in [4.69, 9.17) is 4.74 Å². The number of thiazole rings is 1. The number of methoxy groups -OCH3 is 1. The molecule has 1 aliphatic rings. The highest BCUT2D eigenvalue weighted by atomic mass is 32.1. The Balaban J connectivity index is 1.39. The number of rotatable bonds is 9. The smallest absolute Gasteiger partial charge is 0.303 e. The minimum Gasteiger partial charge on any atom is -0.497 e. The maximum atomic E-state index is 11.3. The molecule has 2 N–H and O–H groups in total. The molecule has 3 atom stereocenters. The fourth-order valence-corrected chi connectivity index (χ4v) is 5.41. The summed E-state index contributed by atoms with van der Waals surface area (Å²) < 4.78 is 5.36. The van der Waals surface area contributed by atoms with Crippen LogP contribution in [0.3, 0.4) is 0 Å². The number of carbonyl (C=O) groups is 1. The third-order valence-corrected chi connectivity index (χ3v) is 7.49. The summed E-state index contributed by atoms with van der Waals surface area (Å²) in [6, 6.07) is 7.56. The number of hydrogen-bond acceptors (Lipinski definition) is 7. The van der Waals surface area contributed by atoms with E-state index in [9.17, 15) is 15.0 Å². The van der Waals surface area contributed by atoms with Gasteiger partial charge >= 0.3 is 5.97 Å². The van der Waals surface area contributed by atoms with E-state index in [1.165, 1.54) is 11.3 Å². The molecular weight excluding hydrogens is 462 g/mol. The van der Waals surface area contributed by atoms with E-state index in [0.29, 0.717) is 25.3 Å². The second-order valence-corrected chi connectivity index (χ2v) is 9.91. The molecule has 3 heterocycles. The van der Waals surface area contributed by atoms with E-state index >= 15 is 0 Å². The number of aliphatic carboxylic acids is 1. The van der Waals surface area contributed by atoms with Crippen molar-refractivity contribution in [2.45, 2.75) is 38.2 Å². The van der Waals surface area contributed by atoms with Gasteiger partial charge in [0.15, 0.2) is 0 Å². The topological polar surface area (TPSA) is 95.8 Å². The van der Waals surface area contributed by atoms with E-state index in [1.54, 1.807) is 25.0 Å². The Bertz CT molecular complexity index is 1190. The van der Waals surface area contributed by atoms with Crippen molar-refractivity contribution in [1.29, 1.82) is 0 Å². The van der Waals surface area contributed by atoms with Gasteiger partial charge in [0.1, 0.15) is 5.75 Å². The van der Waals surface area contributed by atoms with Crippen LogP contribution < -0.4 is 4.74 Å². The number of likely N-dealkylation sites (tertiary alicyclic amines) is 1. The highest BCUT2D eigenvalue weighted by Crippen LogP contribution is 2.35. The summed E-state index contributed by atoms with van der Waals surface area (Å²) in [7, 11) is 1.63. The molecule has 0 bridgehead atoms. The van der Waals surface area contributed by atoms with Crippen molar-refractivity contribution < 1.29 is 19.7 Å². The molecule has 4 rings (SSSR count). The summed E-state index contributed by atoms with van der Waals surface area (Å²) in [6.07, 6.45) is 6.14. The standard InChI is InChI=1S/C27H31N3O4S/c1-34-21-6-7-25-24(15-21)23(10-12-29-25)26(31)8-4-19-11-14-30(17-20(19)5-9-27(32)33)13-2-3-22-16-28-18-35-22/h6-7,10,12,15-16,18-20,26,31H,4-5,8-9,11,13-14,17H2,1H3,(H,32,33)/t19-,20+,26?/m1/s1. The normalized spacial score (nSPS) is 19.1. The lowest BCUT2D eigenvalue weighted by Crippen LogP contribution is -2.41. The lowest BCUT2D eigenvalue weighted by atomic mass is 9.79. The van der Waals surface area contributed by atoms with Gasteiger partial charge in [-0.05, 0) is 73.9 Å². The highest BCUT2D eigenvalue weighted by Gasteiger charge is 2.29. The average Bonchev–Trinajstić information content (AvgIpc) is 3.39. The molecule has 1 aliphatic heterocycles. The minimum absolute atomic E-state index is 0.166. The molecule has 0 radical (unpaired) electrons. The molecule has 0 aliphatic carbocycles. The predicted octanol–water partition coefficient (Wildman–Crippen LogP) is 4.37. The van der Waals surface area contributed by atoms with Crippen molar-refractivity contribution in [2.75, 3.05) is 26.7 Å². The number of benzene rings is 1. The Labute approximate surface area is 209 Å². The molecule has 1 aromatic carbocycles. The van der Waals surface area contributed by atoms with Crippen molar-refractivity contribution >= 4 is 28.2 Å². The van der Waals surface area contributed by atoms with E-state index in [1.807, 2.05) is 24.3 Å². The van der Waals surface area contributed by atoms with Crippen LogP contribution >= 0.6 is 11.3 Å². The van der Waals surface area contributed by atoms with Crippen LogP contribution in [-0.4, -0.2) is 57.8 Å². The summed E-state index contributed by atoms with van der Waals surface area (Å²) in [4.78, 5) is 23.0. The first-order valence-corrected chi connectivity index (χ1v) is 12.8. The van der Waals surface area contributed by atoms with Crippen molar-refractivity contribution in [2.24, 2.45) is 11.8 Å². The molecule has 2 aromatic heterocycles. The maximum absolute atomic E-state index is 11.3. The zero-order chi connectivity index (χ0) is 24.6. The van der Waals surface area contributed by atoms with Crippen molar-refractivity contribution in [3.63, 3.8) is 0 Å². The zero-order valence-corrected chi connectivity index (χ0v) is 20.7. The monoisotopic (exact) mass is 493 g/mol. The molecule has 7 nitrogen and oxygen atoms in total. The summed E-state index contributed by atoms with van der Waals surface area (Å²) in [5.41, 5.74) is 3.46. The van der Waals surface area contributed by atoms with Gasteiger partial charge in [-0.25, -0.2) is 0 Å².